The number of nitrogens with one attached hydrogen (secondary N) is 1. The van der Waals surface area contributed by atoms with E-state index in [1.54, 1.807) is 18.5 Å². The highest BCUT2D eigenvalue weighted by molar-refractivity contribution is 7.90. The van der Waals surface area contributed by atoms with Crippen molar-refractivity contribution < 1.29 is 27.4 Å². The van der Waals surface area contributed by atoms with Crippen LogP contribution in [0.2, 0.25) is 0 Å². The Labute approximate surface area is 405 Å². The number of carbonyl (C=O) groups excluding carboxylic acids is 1. The second kappa shape index (κ2) is 25.1. The molecular weight excluding hydrogens is 879 g/mol. The molecule has 15 nitrogen and oxygen atoms in total. The molecule has 16 heteroatoms. The zero-order chi connectivity index (χ0) is 49.5. The molecule has 1 N–H and O–H groups in total. The van der Waals surface area contributed by atoms with E-state index in [4.69, 9.17) is 14.2 Å². The maximum atomic E-state index is 11.6. The highest BCUT2D eigenvalue weighted by Gasteiger charge is 2.23. The van der Waals surface area contributed by atoms with Gasteiger partial charge in [-0.1, -0.05) is 76.2 Å². The summed E-state index contributed by atoms with van der Waals surface area (Å²) in [5, 5.41) is 3.27. The molecule has 0 aliphatic carbocycles. The fraction of sp³-hybridized carbons (Fsp3) is 0.538. The summed E-state index contributed by atoms with van der Waals surface area (Å²) < 4.78 is 40.9. The number of amides is 1. The normalized spacial score (nSPS) is 15.1. The molecule has 68 heavy (non-hydrogen) atoms. The molecule has 9 rings (SSSR count). The number of likely N-dealkylation sites (N-methyl/N-ethyl adjacent to an activating group) is 1. The lowest BCUT2D eigenvalue weighted by atomic mass is 10.1. The molecule has 0 bridgehead atoms. The van der Waals surface area contributed by atoms with Crippen molar-refractivity contribution in [2.24, 2.45) is 0 Å². The Bertz CT molecular complexity index is 2440. The van der Waals surface area contributed by atoms with E-state index in [2.05, 4.69) is 114 Å². The quantitative estimate of drug-likeness (QED) is 0.156. The summed E-state index contributed by atoms with van der Waals surface area (Å²) >= 11 is 0. The van der Waals surface area contributed by atoms with E-state index < -0.39 is 9.84 Å². The highest BCUT2D eigenvalue weighted by atomic mass is 32.2. The van der Waals surface area contributed by atoms with Crippen LogP contribution in [0, 0.1) is 0 Å². The number of aromatic nitrogens is 6. The number of ether oxygens (including phenoxy) is 3. The Kier molecular flexibility index (Phi) is 19.7. The van der Waals surface area contributed by atoms with Crippen molar-refractivity contribution in [1.29, 1.82) is 0 Å². The summed E-state index contributed by atoms with van der Waals surface area (Å²) in [6.07, 6.45) is 15.3. The first kappa shape index (κ1) is 53.3. The van der Waals surface area contributed by atoms with Gasteiger partial charge in [0.05, 0.1) is 29.0 Å². The minimum absolute atomic E-state index is 0.220. The number of hydrogen-bond donors (Lipinski definition) is 1. The molecule has 4 aliphatic heterocycles. The Morgan fingerprint density at radius 1 is 0.647 bits per heavy atom. The van der Waals surface area contributed by atoms with Crippen LogP contribution in [-0.2, 0) is 27.7 Å². The summed E-state index contributed by atoms with van der Waals surface area (Å²) in [4.78, 5) is 37.1. The SMILES string of the molecule is CC(C)c1cnc2c(c1)NCCO2.CC(C)c1cnc2c(c1)OCCO2.CC(C)c1cncc(N2CCCC2=O)c1.CC(C)c1cncc(S(C)(=O)=O)c1.CCN1CCn2c(C(C)C)cnc2C1. The van der Waals surface area contributed by atoms with E-state index in [1.165, 1.54) is 47.2 Å². The van der Waals surface area contributed by atoms with Gasteiger partial charge in [-0.15, -0.1) is 0 Å². The van der Waals surface area contributed by atoms with Gasteiger partial charge in [-0.2, -0.15) is 0 Å². The molecule has 1 amide bonds. The number of pyridine rings is 4. The lowest BCUT2D eigenvalue weighted by molar-refractivity contribution is -0.117. The van der Waals surface area contributed by atoms with Crippen molar-refractivity contribution in [3.63, 3.8) is 0 Å². The van der Waals surface area contributed by atoms with E-state index in [1.807, 2.05) is 49.6 Å². The van der Waals surface area contributed by atoms with Crippen LogP contribution in [0.25, 0.3) is 0 Å². The molecule has 5 aromatic heterocycles. The van der Waals surface area contributed by atoms with Crippen LogP contribution in [0.15, 0.2) is 72.5 Å². The van der Waals surface area contributed by atoms with E-state index >= 15 is 0 Å². The topological polar surface area (TPSA) is 167 Å². The molecule has 4 aliphatic rings. The molecule has 370 valence electrons. The zero-order valence-electron chi connectivity index (χ0n) is 42.5. The molecule has 0 radical (unpaired) electrons. The summed E-state index contributed by atoms with van der Waals surface area (Å²) in [5.74, 6) is 5.92. The van der Waals surface area contributed by atoms with Gasteiger partial charge in [0.25, 0.3) is 5.88 Å². The highest BCUT2D eigenvalue weighted by Crippen LogP contribution is 2.31. The van der Waals surface area contributed by atoms with Gasteiger partial charge in [0.15, 0.2) is 15.6 Å². The van der Waals surface area contributed by atoms with E-state index in [0.29, 0.717) is 66.6 Å². The lowest BCUT2D eigenvalue weighted by Gasteiger charge is -2.27. The van der Waals surface area contributed by atoms with Crippen molar-refractivity contribution in [2.75, 3.05) is 62.5 Å². The smallest absolute Gasteiger partial charge is 0.257 e. The maximum absolute atomic E-state index is 11.6. The second-order valence-electron chi connectivity index (χ2n) is 18.9. The van der Waals surface area contributed by atoms with Crippen LogP contribution < -0.4 is 24.4 Å². The molecule has 0 aromatic carbocycles. The van der Waals surface area contributed by atoms with Crippen LogP contribution in [0.4, 0.5) is 11.4 Å². The van der Waals surface area contributed by atoms with Gasteiger partial charge in [0.1, 0.15) is 25.6 Å². The largest absolute Gasteiger partial charge is 0.484 e. The Hall–Kier alpha value is -5.61. The van der Waals surface area contributed by atoms with Crippen molar-refractivity contribution in [1.82, 2.24) is 34.4 Å². The Morgan fingerprint density at radius 3 is 1.87 bits per heavy atom. The molecule has 0 spiro atoms. The first-order valence-corrected chi connectivity index (χ1v) is 26.0. The summed E-state index contributed by atoms with van der Waals surface area (Å²) in [6.45, 7) is 31.6. The summed E-state index contributed by atoms with van der Waals surface area (Å²) in [7, 11) is -3.12. The number of imidazole rings is 1. The molecule has 5 aromatic rings. The molecule has 1 fully saturated rings. The van der Waals surface area contributed by atoms with Gasteiger partial charge in [0, 0.05) is 81.7 Å². The monoisotopic (exact) mass is 954 g/mol. The number of sulfone groups is 1. The second-order valence-corrected chi connectivity index (χ2v) is 20.9. The minimum atomic E-state index is -3.12. The van der Waals surface area contributed by atoms with Gasteiger partial charge in [0.2, 0.25) is 11.8 Å². The van der Waals surface area contributed by atoms with Crippen molar-refractivity contribution >= 4 is 27.1 Å². The lowest BCUT2D eigenvalue weighted by Crippen LogP contribution is -2.34. The van der Waals surface area contributed by atoms with Gasteiger partial charge in [-0.25, -0.2) is 23.4 Å². The van der Waals surface area contributed by atoms with Crippen LogP contribution in [0.5, 0.6) is 17.5 Å². The number of fused-ring (bicyclic) bond motifs is 3. The number of rotatable bonds is 8. The minimum Gasteiger partial charge on any atom is -0.484 e. The van der Waals surface area contributed by atoms with Crippen LogP contribution in [0.3, 0.4) is 0 Å². The number of hydrogen-bond acceptors (Lipinski definition) is 13. The number of nitrogens with zero attached hydrogens (tertiary/aromatic N) is 8. The Morgan fingerprint density at radius 2 is 1.25 bits per heavy atom. The predicted molar refractivity (Wildman–Crippen MR) is 270 cm³/mol. The average molecular weight is 954 g/mol. The summed E-state index contributed by atoms with van der Waals surface area (Å²) in [5.41, 5.74) is 7.92. The van der Waals surface area contributed by atoms with E-state index in [9.17, 15) is 13.2 Å². The fourth-order valence-electron chi connectivity index (χ4n) is 7.47. The number of carbonyl (C=O) groups is 1. The molecule has 9 heterocycles. The maximum Gasteiger partial charge on any atom is 0.257 e. The molecule has 0 saturated carbocycles. The third-order valence-electron chi connectivity index (χ3n) is 11.9. The van der Waals surface area contributed by atoms with Crippen molar-refractivity contribution in [3.05, 3.63) is 101 Å². The van der Waals surface area contributed by atoms with Gasteiger partial charge >= 0.3 is 0 Å². The van der Waals surface area contributed by atoms with Gasteiger partial charge < -0.3 is 29.0 Å². The first-order valence-electron chi connectivity index (χ1n) is 24.1. The third kappa shape index (κ3) is 15.2. The van der Waals surface area contributed by atoms with Crippen LogP contribution >= 0.6 is 0 Å². The van der Waals surface area contributed by atoms with Crippen molar-refractivity contribution in [3.8, 4) is 17.5 Å². The van der Waals surface area contributed by atoms with Gasteiger partial charge in [-0.3, -0.25) is 19.7 Å². The zero-order valence-corrected chi connectivity index (χ0v) is 43.3. The van der Waals surface area contributed by atoms with Gasteiger partial charge in [-0.05, 0) is 89.1 Å². The molecule has 0 atom stereocenters. The van der Waals surface area contributed by atoms with E-state index in [0.717, 1.165) is 67.7 Å². The predicted octanol–water partition coefficient (Wildman–Crippen LogP) is 9.77. The molecule has 0 unspecified atom stereocenters. The Balaban J connectivity index is 0.000000159. The standard InChI is InChI=1S/C12H16N2O.C11H19N3.C10H14N2O.C10H13NO2.C9H13NO2S/c1-9(2)10-6-11(8-13-7-10)14-5-3-4-12(14)15;1-4-13-5-6-14-10(9(2)3)7-12-11(14)8-13;1-7(2)8-5-9-10(12-6-8)13-4-3-11-9;1-7(2)8-5-9-10(11-6-8)13-4-3-12-9;1-7(2)8-4-9(6-10-5-8)13(3,11)12/h6-9H,3-5H2,1-2H3;7,9H,4-6,8H2,1-3H3;5-7,11H,3-4H2,1-2H3;5-7H,3-4H2,1-2H3;4-7H,1-3H3. The number of anilines is 2. The summed E-state index contributed by atoms with van der Waals surface area (Å²) in [6, 6.07) is 7.87. The average Bonchev–Trinajstić information content (AvgIpc) is 3.98. The third-order valence-corrected chi connectivity index (χ3v) is 13.0. The molecular formula is C52H75N9O6S. The van der Waals surface area contributed by atoms with E-state index in [-0.39, 0.29) is 5.91 Å². The van der Waals surface area contributed by atoms with Crippen LogP contribution in [0.1, 0.15) is 152 Å². The van der Waals surface area contributed by atoms with Crippen LogP contribution in [-0.4, -0.2) is 101 Å². The first-order chi connectivity index (χ1) is 32.4. The van der Waals surface area contributed by atoms with Crippen molar-refractivity contribution in [2.45, 2.75) is 137 Å². The fourth-order valence-corrected chi connectivity index (χ4v) is 8.07. The molecule has 1 saturated heterocycles.